The Bertz CT molecular complexity index is 885. The second-order valence-corrected chi connectivity index (χ2v) is 7.39. The lowest BCUT2D eigenvalue weighted by Gasteiger charge is -2.22. The Kier molecular flexibility index (Phi) is 6.83. The van der Waals surface area contributed by atoms with Gasteiger partial charge in [-0.1, -0.05) is 54.6 Å². The Morgan fingerprint density at radius 1 is 0.552 bits per heavy atom. The first-order chi connectivity index (χ1) is 14.1. The van der Waals surface area contributed by atoms with E-state index in [9.17, 15) is 17.7 Å². The lowest BCUT2D eigenvalue weighted by Crippen LogP contribution is -2.10. The second kappa shape index (κ2) is 9.52. The van der Waals surface area contributed by atoms with Gasteiger partial charge in [0.2, 0.25) is 0 Å². The van der Waals surface area contributed by atoms with E-state index in [2.05, 4.69) is 0 Å². The molecule has 0 saturated carbocycles. The summed E-state index contributed by atoms with van der Waals surface area (Å²) in [7, 11) is -4.51. The van der Waals surface area contributed by atoms with Crippen LogP contribution in [0.3, 0.4) is 0 Å². The molecule has 0 saturated heterocycles. The summed E-state index contributed by atoms with van der Waals surface area (Å²) >= 11 is 0. The maximum absolute atomic E-state index is 13.5. The number of hydrogen-bond donors (Lipinski definition) is 0. The highest BCUT2D eigenvalue weighted by molar-refractivity contribution is 7.49. The first-order valence-corrected chi connectivity index (χ1v) is 10.1. The van der Waals surface area contributed by atoms with Gasteiger partial charge in [-0.3, -0.25) is 0 Å². The van der Waals surface area contributed by atoms with Crippen molar-refractivity contribution in [1.29, 1.82) is 0 Å². The molecule has 0 unspecified atom stereocenters. The molecule has 0 aliphatic rings. The zero-order valence-electron chi connectivity index (χ0n) is 15.3. The molecule has 0 spiro atoms. The minimum absolute atomic E-state index is 0.0613. The third kappa shape index (κ3) is 5.12. The van der Waals surface area contributed by atoms with Gasteiger partial charge < -0.3 is 13.6 Å². The SMILES string of the molecule is O=P(Oc1ccccc1CF)(Oc1ccccc1CF)Oc1ccccc1CF. The number of benzene rings is 3. The van der Waals surface area contributed by atoms with Crippen LogP contribution in [0.1, 0.15) is 16.7 Å². The number of alkyl halides is 3. The fraction of sp³-hybridized carbons (Fsp3) is 0.143. The van der Waals surface area contributed by atoms with Gasteiger partial charge in [-0.15, -0.1) is 0 Å². The van der Waals surface area contributed by atoms with Crippen LogP contribution >= 0.6 is 7.82 Å². The molecule has 4 nitrogen and oxygen atoms in total. The molecule has 152 valence electrons. The highest BCUT2D eigenvalue weighted by Crippen LogP contribution is 2.51. The molecule has 3 aromatic carbocycles. The van der Waals surface area contributed by atoms with E-state index in [1.54, 1.807) is 36.4 Å². The van der Waals surface area contributed by atoms with E-state index in [-0.39, 0.29) is 33.9 Å². The smallest absolute Gasteiger partial charge is 0.386 e. The van der Waals surface area contributed by atoms with Crippen molar-refractivity contribution in [2.75, 3.05) is 0 Å². The predicted molar refractivity (Wildman–Crippen MR) is 103 cm³/mol. The molecule has 0 atom stereocenters. The molecule has 0 fully saturated rings. The quantitative estimate of drug-likeness (QED) is 0.358. The number of phosphoric ester groups is 1. The summed E-state index contributed by atoms with van der Waals surface area (Å²) in [5, 5.41) is 0. The first kappa shape index (κ1) is 20.8. The number of hydrogen-bond acceptors (Lipinski definition) is 4. The molecule has 3 aromatic rings. The number of halogens is 3. The van der Waals surface area contributed by atoms with Crippen LogP contribution in [0.2, 0.25) is 0 Å². The van der Waals surface area contributed by atoms with Gasteiger partial charge in [0, 0.05) is 16.7 Å². The molecule has 29 heavy (non-hydrogen) atoms. The van der Waals surface area contributed by atoms with Gasteiger partial charge >= 0.3 is 7.82 Å². The summed E-state index contributed by atoms with van der Waals surface area (Å²) in [6.07, 6.45) is 0. The molecule has 0 aliphatic carbocycles. The molecule has 8 heteroatoms. The minimum Gasteiger partial charge on any atom is -0.386 e. The van der Waals surface area contributed by atoms with Crippen molar-refractivity contribution < 1.29 is 31.3 Å². The topological polar surface area (TPSA) is 44.8 Å². The zero-order chi connectivity index (χ0) is 20.7. The number of para-hydroxylation sites is 3. The van der Waals surface area contributed by atoms with Crippen molar-refractivity contribution in [3.63, 3.8) is 0 Å². The van der Waals surface area contributed by atoms with E-state index in [4.69, 9.17) is 13.6 Å². The van der Waals surface area contributed by atoms with Crippen LogP contribution in [0.25, 0.3) is 0 Å². The van der Waals surface area contributed by atoms with Gasteiger partial charge in [-0.2, -0.15) is 4.57 Å². The number of rotatable bonds is 9. The standard InChI is InChI=1S/C21H18F3O4P/c22-13-16-7-1-4-10-19(16)26-29(25,27-20-11-5-2-8-17(20)14-23)28-21-12-6-3-9-18(21)15-24/h1-12H,13-15H2. The Balaban J connectivity index is 2.01. The van der Waals surface area contributed by atoms with Crippen molar-refractivity contribution in [2.24, 2.45) is 0 Å². The molecule has 0 aromatic heterocycles. The molecular weight excluding hydrogens is 404 g/mol. The summed E-state index contributed by atoms with van der Waals surface area (Å²) < 4.78 is 69.8. The van der Waals surface area contributed by atoms with Crippen molar-refractivity contribution in [1.82, 2.24) is 0 Å². The molecular formula is C21H18F3O4P. The predicted octanol–water partition coefficient (Wildman–Crippen LogP) is 6.74. The summed E-state index contributed by atoms with van der Waals surface area (Å²) in [4.78, 5) is 0. The fourth-order valence-corrected chi connectivity index (χ4v) is 3.90. The summed E-state index contributed by atoms with van der Waals surface area (Å²) in [5.41, 5.74) is 0.368. The molecule has 3 rings (SSSR count). The van der Waals surface area contributed by atoms with Gasteiger partial charge in [-0.25, -0.2) is 13.2 Å². The molecule has 0 amide bonds. The van der Waals surface area contributed by atoms with Crippen molar-refractivity contribution in [3.8, 4) is 17.2 Å². The maximum atomic E-state index is 13.5. The van der Waals surface area contributed by atoms with Crippen molar-refractivity contribution in [3.05, 3.63) is 89.5 Å². The molecule has 0 heterocycles. The Labute approximate surface area is 166 Å². The third-order valence-corrected chi connectivity index (χ3v) is 5.24. The Morgan fingerprint density at radius 2 is 0.828 bits per heavy atom. The van der Waals surface area contributed by atoms with Gasteiger partial charge in [0.15, 0.2) is 0 Å². The van der Waals surface area contributed by atoms with Gasteiger partial charge in [-0.05, 0) is 18.2 Å². The lowest BCUT2D eigenvalue weighted by molar-refractivity contribution is 0.291. The average Bonchev–Trinajstić information content (AvgIpc) is 2.74. The van der Waals surface area contributed by atoms with Crippen LogP contribution in [0.5, 0.6) is 17.2 Å². The largest absolute Gasteiger partial charge is 0.647 e. The second-order valence-electron chi connectivity index (χ2n) is 5.95. The third-order valence-electron chi connectivity index (χ3n) is 3.98. The minimum atomic E-state index is -4.51. The lowest BCUT2D eigenvalue weighted by atomic mass is 10.2. The van der Waals surface area contributed by atoms with E-state index in [1.807, 2.05) is 0 Å². The van der Waals surface area contributed by atoms with Gasteiger partial charge in [0.05, 0.1) is 0 Å². The van der Waals surface area contributed by atoms with E-state index < -0.39 is 27.8 Å². The Hall–Kier alpha value is -2.92. The van der Waals surface area contributed by atoms with Crippen LogP contribution in [0, 0.1) is 0 Å². The van der Waals surface area contributed by atoms with Crippen LogP contribution in [0.15, 0.2) is 72.8 Å². The summed E-state index contributed by atoms with van der Waals surface area (Å²) in [6, 6.07) is 18.0. The molecule has 0 aliphatic heterocycles. The summed E-state index contributed by atoms with van der Waals surface area (Å²) in [6.45, 7) is -2.63. The highest BCUT2D eigenvalue weighted by Gasteiger charge is 2.35. The van der Waals surface area contributed by atoms with E-state index in [0.29, 0.717) is 0 Å². The van der Waals surface area contributed by atoms with Gasteiger partial charge in [0.25, 0.3) is 0 Å². The van der Waals surface area contributed by atoms with Crippen LogP contribution in [-0.4, -0.2) is 0 Å². The van der Waals surface area contributed by atoms with Gasteiger partial charge in [0.1, 0.15) is 37.3 Å². The number of phosphoric acid groups is 1. The molecule has 0 radical (unpaired) electrons. The van der Waals surface area contributed by atoms with Crippen molar-refractivity contribution >= 4 is 7.82 Å². The van der Waals surface area contributed by atoms with E-state index in [1.165, 1.54) is 36.4 Å². The van der Waals surface area contributed by atoms with Crippen molar-refractivity contribution in [2.45, 2.75) is 20.0 Å². The summed E-state index contributed by atoms with van der Waals surface area (Å²) in [5.74, 6) is -0.184. The van der Waals surface area contributed by atoms with E-state index >= 15 is 0 Å². The normalized spacial score (nSPS) is 11.1. The zero-order valence-corrected chi connectivity index (χ0v) is 16.2. The van der Waals surface area contributed by atoms with Crippen LogP contribution in [-0.2, 0) is 24.6 Å². The fourth-order valence-electron chi connectivity index (χ4n) is 2.53. The average molecular weight is 422 g/mol. The molecule has 0 bridgehead atoms. The molecule has 0 N–H and O–H groups in total. The first-order valence-electron chi connectivity index (χ1n) is 8.69. The Morgan fingerprint density at radius 3 is 1.10 bits per heavy atom. The maximum Gasteiger partial charge on any atom is 0.647 e. The monoisotopic (exact) mass is 422 g/mol. The highest BCUT2D eigenvalue weighted by atomic mass is 31.2. The van der Waals surface area contributed by atoms with E-state index in [0.717, 1.165) is 0 Å². The van der Waals surface area contributed by atoms with Crippen LogP contribution in [0.4, 0.5) is 13.2 Å². The van der Waals surface area contributed by atoms with Crippen LogP contribution < -0.4 is 13.6 Å².